The molecule has 3 aromatic rings. The van der Waals surface area contributed by atoms with Gasteiger partial charge in [-0.3, -0.25) is 4.79 Å². The molecule has 0 spiro atoms. The van der Waals surface area contributed by atoms with Crippen molar-refractivity contribution in [2.24, 2.45) is 0 Å². The number of anilines is 1. The number of aryl methyl sites for hydroxylation is 1. The highest BCUT2D eigenvalue weighted by Gasteiger charge is 2.18. The molecule has 1 heterocycles. The number of imidazole rings is 1. The van der Waals surface area contributed by atoms with E-state index in [4.69, 9.17) is 9.47 Å². The highest BCUT2D eigenvalue weighted by molar-refractivity contribution is 6.08. The second kappa shape index (κ2) is 7.09. The number of aromatic nitrogens is 2. The topological polar surface area (TPSA) is 76.2 Å². The van der Waals surface area contributed by atoms with Gasteiger partial charge in [-0.2, -0.15) is 0 Å². The molecule has 6 nitrogen and oxygen atoms in total. The number of benzene rings is 2. The van der Waals surface area contributed by atoms with Gasteiger partial charge >= 0.3 is 0 Å². The number of hydrogen-bond acceptors (Lipinski definition) is 4. The lowest BCUT2D eigenvalue weighted by molar-refractivity contribution is 0.102. The molecule has 25 heavy (non-hydrogen) atoms. The molecule has 0 radical (unpaired) electrons. The van der Waals surface area contributed by atoms with Gasteiger partial charge in [0, 0.05) is 16.9 Å². The number of H-pyrrole nitrogens is 1. The number of hydrogen-bond donors (Lipinski definition) is 2. The molecule has 1 amide bonds. The van der Waals surface area contributed by atoms with E-state index in [9.17, 15) is 4.79 Å². The number of amides is 1. The van der Waals surface area contributed by atoms with Crippen molar-refractivity contribution in [3.63, 3.8) is 0 Å². The summed E-state index contributed by atoms with van der Waals surface area (Å²) >= 11 is 0. The Morgan fingerprint density at radius 1 is 1.04 bits per heavy atom. The van der Waals surface area contributed by atoms with Crippen molar-refractivity contribution in [1.82, 2.24) is 9.97 Å². The van der Waals surface area contributed by atoms with Crippen molar-refractivity contribution < 1.29 is 14.3 Å². The van der Waals surface area contributed by atoms with E-state index >= 15 is 0 Å². The monoisotopic (exact) mass is 337 g/mol. The van der Waals surface area contributed by atoms with E-state index in [0.29, 0.717) is 22.7 Å². The Morgan fingerprint density at radius 2 is 1.68 bits per heavy atom. The molecule has 0 saturated carbocycles. The minimum Gasteiger partial charge on any atom is -0.496 e. The van der Waals surface area contributed by atoms with Gasteiger partial charge in [-0.15, -0.1) is 0 Å². The van der Waals surface area contributed by atoms with Gasteiger partial charge in [-0.25, -0.2) is 4.98 Å². The Morgan fingerprint density at radius 3 is 2.20 bits per heavy atom. The molecule has 0 fully saturated rings. The first-order valence-electron chi connectivity index (χ1n) is 7.76. The van der Waals surface area contributed by atoms with Crippen LogP contribution >= 0.6 is 0 Å². The van der Waals surface area contributed by atoms with E-state index in [1.165, 1.54) is 14.2 Å². The number of nitrogens with zero attached hydrogens (tertiary/aromatic N) is 1. The fourth-order valence-corrected chi connectivity index (χ4v) is 2.63. The third-order valence-electron chi connectivity index (χ3n) is 3.90. The van der Waals surface area contributed by atoms with Gasteiger partial charge in [0.2, 0.25) is 0 Å². The number of carbonyl (C=O) groups is 1. The minimum absolute atomic E-state index is 0.294. The molecule has 3 rings (SSSR count). The van der Waals surface area contributed by atoms with Crippen LogP contribution in [0.5, 0.6) is 11.5 Å². The Kier molecular flexibility index (Phi) is 4.70. The molecule has 128 valence electrons. The molecule has 0 aliphatic carbocycles. The van der Waals surface area contributed by atoms with Crippen molar-refractivity contribution in [2.75, 3.05) is 19.5 Å². The molecule has 2 aromatic carbocycles. The van der Waals surface area contributed by atoms with Crippen LogP contribution in [0.2, 0.25) is 0 Å². The van der Waals surface area contributed by atoms with E-state index in [1.54, 1.807) is 24.5 Å². The highest BCUT2D eigenvalue weighted by Crippen LogP contribution is 2.29. The summed E-state index contributed by atoms with van der Waals surface area (Å²) in [5, 5.41) is 2.87. The van der Waals surface area contributed by atoms with Gasteiger partial charge in [0.05, 0.1) is 26.2 Å². The standard InChI is InChI=1S/C19H19N3O3/c1-12-18(21-11-20-12)13-7-9-14(10-8-13)22-19(23)17-15(24-2)5-4-6-16(17)25-3/h4-11H,1-3H3,(H,20,21)(H,22,23). The molecule has 0 saturated heterocycles. The molecule has 0 aliphatic rings. The number of methoxy groups -OCH3 is 2. The van der Waals surface area contributed by atoms with Crippen molar-refractivity contribution in [3.05, 3.63) is 60.0 Å². The smallest absolute Gasteiger partial charge is 0.263 e. The average molecular weight is 337 g/mol. The van der Waals surface area contributed by atoms with Crippen molar-refractivity contribution in [2.45, 2.75) is 6.92 Å². The molecular weight excluding hydrogens is 318 g/mol. The predicted octanol–water partition coefficient (Wildman–Crippen LogP) is 3.65. The summed E-state index contributed by atoms with van der Waals surface area (Å²) in [6.07, 6.45) is 1.66. The number of ether oxygens (including phenoxy) is 2. The normalized spacial score (nSPS) is 10.4. The SMILES string of the molecule is COc1cccc(OC)c1C(=O)Nc1ccc(-c2nc[nH]c2C)cc1. The summed E-state index contributed by atoms with van der Waals surface area (Å²) in [7, 11) is 3.04. The zero-order valence-corrected chi connectivity index (χ0v) is 14.3. The molecule has 1 aromatic heterocycles. The Hall–Kier alpha value is -3.28. The van der Waals surface area contributed by atoms with E-state index in [0.717, 1.165) is 17.0 Å². The van der Waals surface area contributed by atoms with Crippen LogP contribution in [0.3, 0.4) is 0 Å². The maximum Gasteiger partial charge on any atom is 0.263 e. The first-order valence-corrected chi connectivity index (χ1v) is 7.76. The fourth-order valence-electron chi connectivity index (χ4n) is 2.63. The van der Waals surface area contributed by atoms with Gasteiger partial charge < -0.3 is 19.8 Å². The quantitative estimate of drug-likeness (QED) is 0.745. The fraction of sp³-hybridized carbons (Fsp3) is 0.158. The minimum atomic E-state index is -0.294. The van der Waals surface area contributed by atoms with Crippen LogP contribution in [0, 0.1) is 6.92 Å². The van der Waals surface area contributed by atoms with Gasteiger partial charge in [-0.1, -0.05) is 18.2 Å². The third kappa shape index (κ3) is 3.33. The largest absolute Gasteiger partial charge is 0.496 e. The van der Waals surface area contributed by atoms with Gasteiger partial charge in [0.25, 0.3) is 5.91 Å². The summed E-state index contributed by atoms with van der Waals surface area (Å²) in [4.78, 5) is 20.0. The number of carbonyl (C=O) groups excluding carboxylic acids is 1. The Balaban J connectivity index is 1.84. The Bertz CT molecular complexity index is 863. The van der Waals surface area contributed by atoms with Crippen molar-refractivity contribution in [3.8, 4) is 22.8 Å². The van der Waals surface area contributed by atoms with E-state index in [2.05, 4.69) is 15.3 Å². The molecule has 0 bridgehead atoms. The number of aromatic amines is 1. The maximum absolute atomic E-state index is 12.7. The van der Waals surface area contributed by atoms with Gasteiger partial charge in [0.15, 0.2) is 0 Å². The van der Waals surface area contributed by atoms with Crippen molar-refractivity contribution in [1.29, 1.82) is 0 Å². The number of rotatable bonds is 5. The molecule has 2 N–H and O–H groups in total. The second-order valence-electron chi connectivity index (χ2n) is 5.45. The lowest BCUT2D eigenvalue weighted by Gasteiger charge is -2.13. The lowest BCUT2D eigenvalue weighted by Crippen LogP contribution is -2.14. The zero-order chi connectivity index (χ0) is 17.8. The van der Waals surface area contributed by atoms with E-state index in [-0.39, 0.29) is 5.91 Å². The molecule has 0 unspecified atom stereocenters. The first-order chi connectivity index (χ1) is 12.1. The highest BCUT2D eigenvalue weighted by atomic mass is 16.5. The second-order valence-corrected chi connectivity index (χ2v) is 5.45. The first kappa shape index (κ1) is 16.6. The summed E-state index contributed by atoms with van der Waals surface area (Å²) < 4.78 is 10.6. The Labute approximate surface area is 145 Å². The lowest BCUT2D eigenvalue weighted by atomic mass is 10.1. The maximum atomic E-state index is 12.7. The summed E-state index contributed by atoms with van der Waals surface area (Å²) in [5.74, 6) is 0.624. The summed E-state index contributed by atoms with van der Waals surface area (Å²) in [5.41, 5.74) is 3.90. The van der Waals surface area contributed by atoms with Crippen LogP contribution in [0.25, 0.3) is 11.3 Å². The van der Waals surface area contributed by atoms with Crippen LogP contribution in [0.1, 0.15) is 16.1 Å². The van der Waals surface area contributed by atoms with E-state index in [1.807, 2.05) is 31.2 Å². The van der Waals surface area contributed by atoms with Crippen LogP contribution in [0.4, 0.5) is 5.69 Å². The van der Waals surface area contributed by atoms with E-state index < -0.39 is 0 Å². The summed E-state index contributed by atoms with van der Waals surface area (Å²) in [6, 6.07) is 12.7. The van der Waals surface area contributed by atoms with Crippen LogP contribution < -0.4 is 14.8 Å². The van der Waals surface area contributed by atoms with Crippen molar-refractivity contribution >= 4 is 11.6 Å². The van der Waals surface area contributed by atoms with Gasteiger partial charge in [0.1, 0.15) is 17.1 Å². The summed E-state index contributed by atoms with van der Waals surface area (Å²) in [6.45, 7) is 1.96. The average Bonchev–Trinajstić information content (AvgIpc) is 3.07. The number of nitrogens with one attached hydrogen (secondary N) is 2. The molecule has 6 heteroatoms. The van der Waals surface area contributed by atoms with Gasteiger partial charge in [-0.05, 0) is 31.2 Å². The molecule has 0 atom stereocenters. The predicted molar refractivity (Wildman–Crippen MR) is 96.3 cm³/mol. The van der Waals surface area contributed by atoms with Crippen LogP contribution in [0.15, 0.2) is 48.8 Å². The third-order valence-corrected chi connectivity index (χ3v) is 3.90. The molecular formula is C19H19N3O3. The molecule has 0 aliphatic heterocycles. The van der Waals surface area contributed by atoms with Crippen LogP contribution in [-0.2, 0) is 0 Å². The zero-order valence-electron chi connectivity index (χ0n) is 14.3. The van der Waals surface area contributed by atoms with Crippen LogP contribution in [-0.4, -0.2) is 30.1 Å².